The van der Waals surface area contributed by atoms with Crippen molar-refractivity contribution in [1.82, 2.24) is 0 Å². The van der Waals surface area contributed by atoms with Crippen LogP contribution in [0.4, 0.5) is 17.1 Å². The van der Waals surface area contributed by atoms with Gasteiger partial charge in [0, 0.05) is 17.1 Å². The Morgan fingerprint density at radius 2 is 0.969 bits per heavy atom. The molecule has 0 aliphatic carbocycles. The van der Waals surface area contributed by atoms with Gasteiger partial charge in [-0.2, -0.15) is 10.5 Å². The Labute approximate surface area is 189 Å². The molecule has 0 amide bonds. The highest BCUT2D eigenvalue weighted by Gasteiger charge is 2.51. The molecule has 1 saturated heterocycles. The van der Waals surface area contributed by atoms with Crippen molar-refractivity contribution >= 4 is 29.6 Å². The molecule has 0 aromatic heterocycles. The molecule has 5 nitrogen and oxygen atoms in total. The Morgan fingerprint density at radius 3 is 1.31 bits per heavy atom. The lowest BCUT2D eigenvalue weighted by atomic mass is 9.79. The van der Waals surface area contributed by atoms with E-state index in [1.807, 2.05) is 76.2 Å². The van der Waals surface area contributed by atoms with Crippen LogP contribution in [0.3, 0.4) is 0 Å². The van der Waals surface area contributed by atoms with Crippen LogP contribution in [0.15, 0.2) is 72.8 Å². The Kier molecular flexibility index (Phi) is 5.52. The highest BCUT2D eigenvalue weighted by molar-refractivity contribution is 6.62. The van der Waals surface area contributed by atoms with Gasteiger partial charge < -0.3 is 14.2 Å². The molecule has 0 radical (unpaired) electrons. The van der Waals surface area contributed by atoms with E-state index < -0.39 is 18.3 Å². The molecule has 0 bridgehead atoms. The molecule has 1 aliphatic rings. The van der Waals surface area contributed by atoms with Crippen molar-refractivity contribution in [2.45, 2.75) is 38.9 Å². The molecule has 0 saturated carbocycles. The summed E-state index contributed by atoms with van der Waals surface area (Å²) in [5.74, 6) is 0. The van der Waals surface area contributed by atoms with Crippen molar-refractivity contribution in [2.75, 3.05) is 4.90 Å². The van der Waals surface area contributed by atoms with Crippen LogP contribution in [0.25, 0.3) is 0 Å². The Hall–Kier alpha value is -3.58. The summed E-state index contributed by atoms with van der Waals surface area (Å²) in [6.07, 6.45) is 0. The molecule has 0 unspecified atom stereocenters. The highest BCUT2D eigenvalue weighted by Crippen LogP contribution is 2.37. The van der Waals surface area contributed by atoms with Crippen molar-refractivity contribution in [3.05, 3.63) is 83.9 Å². The van der Waals surface area contributed by atoms with Gasteiger partial charge in [-0.05, 0) is 93.8 Å². The third kappa shape index (κ3) is 3.99. The lowest BCUT2D eigenvalue weighted by Gasteiger charge is -2.32. The normalized spacial score (nSPS) is 16.2. The SMILES string of the molecule is CC1(C)OB(c2ccc(N(c3ccc(C#N)cc3)c3ccc(C#N)cc3)cc2)OC1(C)C. The van der Waals surface area contributed by atoms with Gasteiger partial charge in [0.15, 0.2) is 0 Å². The quantitative estimate of drug-likeness (QED) is 0.542. The molecule has 1 aliphatic heterocycles. The van der Waals surface area contributed by atoms with Crippen molar-refractivity contribution in [1.29, 1.82) is 10.5 Å². The maximum Gasteiger partial charge on any atom is 0.494 e. The molecular weight excluding hydrogens is 397 g/mol. The number of benzene rings is 3. The van der Waals surface area contributed by atoms with Gasteiger partial charge in [0.2, 0.25) is 0 Å². The second-order valence-electron chi connectivity index (χ2n) is 8.83. The molecule has 6 heteroatoms. The summed E-state index contributed by atoms with van der Waals surface area (Å²) in [6.45, 7) is 8.16. The number of nitriles is 2. The van der Waals surface area contributed by atoms with Crippen LogP contribution in [0.2, 0.25) is 0 Å². The first kappa shape index (κ1) is 21.6. The fraction of sp³-hybridized carbons (Fsp3) is 0.231. The standard InChI is InChI=1S/C26H24BN3O2/c1-25(2)26(3,4)32-27(31-25)21-9-15-24(16-10-21)30(22-11-5-19(17-28)6-12-22)23-13-7-20(18-29)8-14-23/h5-16H,1-4H3. The average Bonchev–Trinajstić information content (AvgIpc) is 3.02. The molecule has 32 heavy (non-hydrogen) atoms. The van der Waals surface area contributed by atoms with Gasteiger partial charge in [0.1, 0.15) is 0 Å². The van der Waals surface area contributed by atoms with E-state index in [0.29, 0.717) is 11.1 Å². The van der Waals surface area contributed by atoms with Crippen molar-refractivity contribution in [3.63, 3.8) is 0 Å². The molecule has 3 aromatic rings. The van der Waals surface area contributed by atoms with E-state index in [2.05, 4.69) is 17.0 Å². The second kappa shape index (κ2) is 8.17. The minimum atomic E-state index is -0.424. The molecule has 0 atom stereocenters. The van der Waals surface area contributed by atoms with Crippen molar-refractivity contribution < 1.29 is 9.31 Å². The number of nitrogens with zero attached hydrogens (tertiary/aromatic N) is 3. The maximum atomic E-state index is 9.15. The van der Waals surface area contributed by atoms with E-state index in [1.165, 1.54) is 0 Å². The van der Waals surface area contributed by atoms with Crippen LogP contribution in [0.5, 0.6) is 0 Å². The smallest absolute Gasteiger partial charge is 0.399 e. The van der Waals surface area contributed by atoms with E-state index in [4.69, 9.17) is 19.8 Å². The monoisotopic (exact) mass is 421 g/mol. The first-order valence-electron chi connectivity index (χ1n) is 10.5. The summed E-state index contributed by atoms with van der Waals surface area (Å²) in [7, 11) is -0.424. The van der Waals surface area contributed by atoms with E-state index in [9.17, 15) is 0 Å². The van der Waals surface area contributed by atoms with Gasteiger partial charge in [-0.3, -0.25) is 0 Å². The number of hydrogen-bond donors (Lipinski definition) is 0. The zero-order chi connectivity index (χ0) is 22.9. The summed E-state index contributed by atoms with van der Waals surface area (Å²) < 4.78 is 12.3. The van der Waals surface area contributed by atoms with Gasteiger partial charge in [-0.25, -0.2) is 0 Å². The van der Waals surface area contributed by atoms with Crippen LogP contribution in [0.1, 0.15) is 38.8 Å². The zero-order valence-electron chi connectivity index (χ0n) is 18.7. The van der Waals surface area contributed by atoms with Crippen LogP contribution < -0.4 is 10.4 Å². The molecule has 0 spiro atoms. The van der Waals surface area contributed by atoms with E-state index in [0.717, 1.165) is 22.5 Å². The molecule has 3 aromatic carbocycles. The number of rotatable bonds is 4. The third-order valence-electron chi connectivity index (χ3n) is 6.19. The van der Waals surface area contributed by atoms with Gasteiger partial charge in [-0.1, -0.05) is 12.1 Å². The van der Waals surface area contributed by atoms with E-state index in [1.54, 1.807) is 24.3 Å². The lowest BCUT2D eigenvalue weighted by molar-refractivity contribution is 0.00578. The maximum absolute atomic E-state index is 9.15. The fourth-order valence-electron chi connectivity index (χ4n) is 3.58. The third-order valence-corrected chi connectivity index (χ3v) is 6.19. The molecule has 0 N–H and O–H groups in total. The van der Waals surface area contributed by atoms with Crippen molar-refractivity contribution in [3.8, 4) is 12.1 Å². The molecule has 1 heterocycles. The topological polar surface area (TPSA) is 69.3 Å². The Bertz CT molecular complexity index is 1110. The second-order valence-corrected chi connectivity index (χ2v) is 8.83. The van der Waals surface area contributed by atoms with E-state index in [-0.39, 0.29) is 0 Å². The first-order valence-corrected chi connectivity index (χ1v) is 10.5. The van der Waals surface area contributed by atoms with Gasteiger partial charge in [0.05, 0.1) is 34.5 Å². The molecular formula is C26H24BN3O2. The minimum absolute atomic E-state index is 0.395. The number of anilines is 3. The molecule has 158 valence electrons. The predicted molar refractivity (Wildman–Crippen MR) is 126 cm³/mol. The summed E-state index contributed by atoms with van der Waals surface area (Å²) in [5, 5.41) is 18.3. The van der Waals surface area contributed by atoms with Crippen LogP contribution >= 0.6 is 0 Å². The van der Waals surface area contributed by atoms with Gasteiger partial charge in [-0.15, -0.1) is 0 Å². The zero-order valence-corrected chi connectivity index (χ0v) is 18.7. The average molecular weight is 421 g/mol. The summed E-state index contributed by atoms with van der Waals surface area (Å²) in [6, 6.07) is 27.2. The minimum Gasteiger partial charge on any atom is -0.399 e. The predicted octanol–water partition coefficient (Wildman–Crippen LogP) is 5.20. The molecule has 1 fully saturated rings. The van der Waals surface area contributed by atoms with Crippen LogP contribution in [0, 0.1) is 22.7 Å². The van der Waals surface area contributed by atoms with Gasteiger partial charge in [0.25, 0.3) is 0 Å². The number of hydrogen-bond acceptors (Lipinski definition) is 5. The summed E-state index contributed by atoms with van der Waals surface area (Å²) in [4.78, 5) is 2.08. The first-order chi connectivity index (χ1) is 15.2. The fourth-order valence-corrected chi connectivity index (χ4v) is 3.58. The van der Waals surface area contributed by atoms with Crippen molar-refractivity contribution in [2.24, 2.45) is 0 Å². The van der Waals surface area contributed by atoms with E-state index >= 15 is 0 Å². The highest BCUT2D eigenvalue weighted by atomic mass is 16.7. The largest absolute Gasteiger partial charge is 0.494 e. The van der Waals surface area contributed by atoms with Crippen LogP contribution in [-0.4, -0.2) is 18.3 Å². The summed E-state index contributed by atoms with van der Waals surface area (Å²) in [5.41, 5.74) is 4.14. The lowest BCUT2D eigenvalue weighted by Crippen LogP contribution is -2.41. The van der Waals surface area contributed by atoms with Gasteiger partial charge >= 0.3 is 7.12 Å². The summed E-state index contributed by atoms with van der Waals surface area (Å²) >= 11 is 0. The Balaban J connectivity index is 1.70. The van der Waals surface area contributed by atoms with Crippen LogP contribution in [-0.2, 0) is 9.31 Å². The Morgan fingerprint density at radius 1 is 0.625 bits per heavy atom. The molecule has 4 rings (SSSR count).